The van der Waals surface area contributed by atoms with Crippen LogP contribution in [0.1, 0.15) is 52.5 Å². The third kappa shape index (κ3) is 4.04. The summed E-state index contributed by atoms with van der Waals surface area (Å²) in [5, 5.41) is 6.00. The Morgan fingerprint density at radius 2 is 1.89 bits per heavy atom. The van der Waals surface area contributed by atoms with Crippen LogP contribution in [-0.4, -0.2) is 35.4 Å². The van der Waals surface area contributed by atoms with E-state index >= 15 is 0 Å². The summed E-state index contributed by atoms with van der Waals surface area (Å²) in [6.45, 7) is 1.01. The Hall–Kier alpha value is -2.80. The molecule has 0 spiro atoms. The summed E-state index contributed by atoms with van der Waals surface area (Å²) in [5.74, 6) is -0.556. The van der Waals surface area contributed by atoms with Gasteiger partial charge in [0.1, 0.15) is 11.5 Å². The van der Waals surface area contributed by atoms with Gasteiger partial charge in [0.05, 0.1) is 12.0 Å². The number of nitrogens with one attached hydrogen (secondary N) is 2. The molecule has 7 heteroatoms. The highest BCUT2D eigenvalue weighted by atomic mass is 19.1. The lowest BCUT2D eigenvalue weighted by atomic mass is 9.88. The molecule has 0 radical (unpaired) electrons. The number of pyridine rings is 1. The van der Waals surface area contributed by atoms with Crippen molar-refractivity contribution in [2.24, 2.45) is 5.73 Å². The summed E-state index contributed by atoms with van der Waals surface area (Å²) >= 11 is 0. The molecule has 2 fully saturated rings. The van der Waals surface area contributed by atoms with E-state index < -0.39 is 11.4 Å². The van der Waals surface area contributed by atoms with Crippen molar-refractivity contribution < 1.29 is 14.0 Å². The van der Waals surface area contributed by atoms with E-state index in [4.69, 9.17) is 5.73 Å². The maximum absolute atomic E-state index is 13.2. The number of rotatable bonds is 7. The molecule has 2 heterocycles. The third-order valence-electron chi connectivity index (χ3n) is 5.36. The second-order valence-electron chi connectivity index (χ2n) is 7.79. The smallest absolute Gasteiger partial charge is 0.270 e. The molecule has 1 aromatic carbocycles. The highest BCUT2D eigenvalue weighted by Gasteiger charge is 2.40. The number of benzene rings is 1. The molecule has 1 aliphatic heterocycles. The van der Waals surface area contributed by atoms with Gasteiger partial charge < -0.3 is 16.4 Å². The second kappa shape index (κ2) is 7.31. The number of hydrogen-bond donors (Lipinski definition) is 3. The molecule has 146 valence electrons. The first-order valence-corrected chi connectivity index (χ1v) is 9.50. The van der Waals surface area contributed by atoms with Crippen molar-refractivity contribution in [1.82, 2.24) is 15.6 Å². The van der Waals surface area contributed by atoms with Crippen LogP contribution in [0.4, 0.5) is 4.39 Å². The van der Waals surface area contributed by atoms with E-state index in [9.17, 15) is 14.0 Å². The molecule has 0 bridgehead atoms. The van der Waals surface area contributed by atoms with Crippen LogP contribution in [0.15, 0.2) is 36.4 Å². The fourth-order valence-corrected chi connectivity index (χ4v) is 3.66. The fourth-order valence-electron chi connectivity index (χ4n) is 3.66. The van der Waals surface area contributed by atoms with Gasteiger partial charge in [0, 0.05) is 25.2 Å². The van der Waals surface area contributed by atoms with E-state index in [0.717, 1.165) is 29.7 Å². The van der Waals surface area contributed by atoms with Crippen LogP contribution in [-0.2, 0) is 11.2 Å². The van der Waals surface area contributed by atoms with Crippen molar-refractivity contribution in [2.45, 2.75) is 37.1 Å². The second-order valence-corrected chi connectivity index (χ2v) is 7.79. The molecule has 28 heavy (non-hydrogen) atoms. The summed E-state index contributed by atoms with van der Waals surface area (Å²) in [6.07, 6.45) is 2.88. The molecule has 1 aliphatic carbocycles. The molecule has 6 nitrogen and oxygen atoms in total. The number of nitrogens with two attached hydrogens (primary N) is 1. The van der Waals surface area contributed by atoms with E-state index in [2.05, 4.69) is 15.6 Å². The summed E-state index contributed by atoms with van der Waals surface area (Å²) in [6, 6.07) is 10.0. The normalized spacial score (nSPS) is 17.6. The maximum atomic E-state index is 13.2. The zero-order valence-corrected chi connectivity index (χ0v) is 15.5. The molecule has 2 aliphatic rings. The van der Waals surface area contributed by atoms with Gasteiger partial charge in [0.2, 0.25) is 5.91 Å². The minimum absolute atomic E-state index is 0.0916. The van der Waals surface area contributed by atoms with Crippen molar-refractivity contribution >= 4 is 11.8 Å². The summed E-state index contributed by atoms with van der Waals surface area (Å²) in [4.78, 5) is 28.7. The van der Waals surface area contributed by atoms with Gasteiger partial charge in [0.15, 0.2) is 0 Å². The Balaban J connectivity index is 1.56. The van der Waals surface area contributed by atoms with E-state index in [1.54, 1.807) is 18.2 Å². The molecular formula is C21H23FN4O2. The van der Waals surface area contributed by atoms with Gasteiger partial charge in [-0.3, -0.25) is 9.59 Å². The van der Waals surface area contributed by atoms with Crippen LogP contribution in [0.5, 0.6) is 0 Å². The molecule has 4 N–H and O–H groups in total. The largest absolute Gasteiger partial charge is 0.370 e. The lowest BCUT2D eigenvalue weighted by Gasteiger charge is -2.42. The van der Waals surface area contributed by atoms with Gasteiger partial charge in [-0.15, -0.1) is 0 Å². The van der Waals surface area contributed by atoms with E-state index in [-0.39, 0.29) is 18.1 Å². The van der Waals surface area contributed by atoms with Gasteiger partial charge in [-0.2, -0.15) is 0 Å². The molecule has 1 saturated heterocycles. The van der Waals surface area contributed by atoms with Crippen LogP contribution < -0.4 is 16.4 Å². The highest BCUT2D eigenvalue weighted by molar-refractivity contribution is 5.93. The van der Waals surface area contributed by atoms with Crippen molar-refractivity contribution in [1.29, 1.82) is 0 Å². The number of primary amides is 1. The average Bonchev–Trinajstić information content (AvgIpc) is 3.46. The first-order chi connectivity index (χ1) is 13.4. The first kappa shape index (κ1) is 18.6. The van der Waals surface area contributed by atoms with Gasteiger partial charge in [-0.1, -0.05) is 18.2 Å². The molecule has 0 unspecified atom stereocenters. The zero-order valence-electron chi connectivity index (χ0n) is 15.5. The molecule has 4 rings (SSSR count). The molecule has 2 aromatic rings. The average molecular weight is 382 g/mol. The van der Waals surface area contributed by atoms with Crippen molar-refractivity contribution in [2.75, 3.05) is 13.1 Å². The minimum Gasteiger partial charge on any atom is -0.370 e. The maximum Gasteiger partial charge on any atom is 0.270 e. The Labute approximate surface area is 162 Å². The number of aromatic nitrogens is 1. The molecule has 1 aromatic heterocycles. The van der Waals surface area contributed by atoms with E-state index in [1.807, 2.05) is 6.07 Å². The summed E-state index contributed by atoms with van der Waals surface area (Å²) in [7, 11) is 0. The Bertz CT molecular complexity index is 905. The first-order valence-electron chi connectivity index (χ1n) is 9.50. The third-order valence-corrected chi connectivity index (χ3v) is 5.36. The predicted molar refractivity (Wildman–Crippen MR) is 102 cm³/mol. The highest BCUT2D eigenvalue weighted by Crippen LogP contribution is 2.41. The van der Waals surface area contributed by atoms with Gasteiger partial charge in [0.25, 0.3) is 5.91 Å². The minimum atomic E-state index is -0.642. The Kier molecular flexibility index (Phi) is 4.85. The quantitative estimate of drug-likeness (QED) is 0.678. The van der Waals surface area contributed by atoms with Crippen LogP contribution in [0.25, 0.3) is 0 Å². The number of carbonyl (C=O) groups is 2. The van der Waals surface area contributed by atoms with E-state index in [0.29, 0.717) is 31.1 Å². The zero-order chi connectivity index (χ0) is 19.7. The topological polar surface area (TPSA) is 97.1 Å². The monoisotopic (exact) mass is 382 g/mol. The summed E-state index contributed by atoms with van der Waals surface area (Å²) in [5.41, 5.74) is 7.94. The Morgan fingerprint density at radius 3 is 2.46 bits per heavy atom. The van der Waals surface area contributed by atoms with Crippen LogP contribution in [0, 0.1) is 5.82 Å². The van der Waals surface area contributed by atoms with Gasteiger partial charge >= 0.3 is 0 Å². The van der Waals surface area contributed by atoms with Crippen LogP contribution in [0.3, 0.4) is 0 Å². The molecule has 2 amide bonds. The van der Waals surface area contributed by atoms with Gasteiger partial charge in [-0.25, -0.2) is 9.37 Å². The van der Waals surface area contributed by atoms with Gasteiger partial charge in [-0.05, 0) is 48.1 Å². The van der Waals surface area contributed by atoms with Crippen molar-refractivity contribution in [3.05, 3.63) is 64.7 Å². The van der Waals surface area contributed by atoms with Crippen molar-refractivity contribution in [3.63, 3.8) is 0 Å². The van der Waals surface area contributed by atoms with Crippen LogP contribution >= 0.6 is 0 Å². The molecule has 1 saturated carbocycles. The fraction of sp³-hybridized carbons (Fsp3) is 0.381. The number of hydrogen-bond acceptors (Lipinski definition) is 4. The SMILES string of the molecule is NC(=O)CC1(NC(=O)c2ccc(C3CC3)c(Cc3ccc(F)cc3)n2)CNC1. The Morgan fingerprint density at radius 1 is 1.18 bits per heavy atom. The lowest BCUT2D eigenvalue weighted by Crippen LogP contribution is -2.70. The number of nitrogens with zero attached hydrogens (tertiary/aromatic N) is 1. The standard InChI is InChI=1S/C21H23FN4O2/c22-15-5-1-13(2-6-15)9-18-16(14-3-4-14)7-8-17(25-18)20(28)26-21(10-19(23)27)11-24-12-21/h1-2,5-8,14,24H,3-4,9-12H2,(H2,23,27)(H,26,28). The summed E-state index contributed by atoms with van der Waals surface area (Å²) < 4.78 is 13.2. The van der Waals surface area contributed by atoms with Crippen LogP contribution in [0.2, 0.25) is 0 Å². The number of amides is 2. The van der Waals surface area contributed by atoms with Crippen molar-refractivity contribution in [3.8, 4) is 0 Å². The van der Waals surface area contributed by atoms with E-state index in [1.165, 1.54) is 12.1 Å². The lowest BCUT2D eigenvalue weighted by molar-refractivity contribution is -0.119. The number of carbonyl (C=O) groups excluding carboxylic acids is 2. The molecular weight excluding hydrogens is 359 g/mol. The molecule has 0 atom stereocenters. The predicted octanol–water partition coefficient (Wildman–Crippen LogP) is 1.64. The number of halogens is 1.